The summed E-state index contributed by atoms with van der Waals surface area (Å²) in [4.78, 5) is 3.96. The molecule has 40 heavy (non-hydrogen) atoms. The maximum absolute atomic E-state index is 8.49. The van der Waals surface area contributed by atoms with Gasteiger partial charge in [-0.3, -0.25) is 0 Å². The van der Waals surface area contributed by atoms with E-state index in [0.717, 1.165) is 13.1 Å². The minimum atomic E-state index is -4.94. The number of thioether (sulfide) groups is 1. The van der Waals surface area contributed by atoms with Crippen molar-refractivity contribution in [3.8, 4) is 0 Å². The van der Waals surface area contributed by atoms with Crippen molar-refractivity contribution in [3.63, 3.8) is 0 Å². The summed E-state index contributed by atoms with van der Waals surface area (Å²) < 4.78 is 37.9. The highest BCUT2D eigenvalue weighted by atomic mass is 35.7. The quantitative estimate of drug-likeness (QED) is 0.421. The number of thiazole rings is 1. The lowest BCUT2D eigenvalue weighted by Gasteiger charge is -2.28. The summed E-state index contributed by atoms with van der Waals surface area (Å²) in [5.41, 5.74) is 8.88. The van der Waals surface area contributed by atoms with Crippen molar-refractivity contribution in [1.82, 2.24) is 0 Å². The second-order valence-electron chi connectivity index (χ2n) is 10.8. The van der Waals surface area contributed by atoms with Gasteiger partial charge in [0.25, 0.3) is 5.01 Å². The van der Waals surface area contributed by atoms with Crippen LogP contribution in [0.25, 0.3) is 15.8 Å². The van der Waals surface area contributed by atoms with E-state index in [1.165, 1.54) is 91.7 Å². The molecular formula is C31H31ClN2O4S2. The number of aromatic nitrogens is 1. The predicted molar refractivity (Wildman–Crippen MR) is 150 cm³/mol. The zero-order valence-corrected chi connectivity index (χ0v) is 24.7. The van der Waals surface area contributed by atoms with Crippen molar-refractivity contribution in [3.05, 3.63) is 93.5 Å². The van der Waals surface area contributed by atoms with Crippen LogP contribution in [-0.2, 0) is 6.54 Å². The van der Waals surface area contributed by atoms with E-state index in [9.17, 15) is 0 Å². The first-order valence-corrected chi connectivity index (χ1v) is 16.5. The molecule has 7 rings (SSSR count). The van der Waals surface area contributed by atoms with Crippen LogP contribution in [0.15, 0.2) is 93.4 Å². The zero-order chi connectivity index (χ0) is 27.9. The standard InChI is InChI=1S/C31H31N2S2.ClHO4/c1-21-16-22(19-24-8-6-14-32-26-10-2-4-12-28(26)34-30(24)32)18-23(17-21)20-25-9-7-15-33-27-11-3-5-13-29(27)35-31(25)33;2-1(3,4)5/h2-5,10-13,18-21H,6-9,14-17H2,1H3;(H,2,3,4,5)/q+1;/p-1. The summed E-state index contributed by atoms with van der Waals surface area (Å²) in [5.74, 6) is 0.690. The minimum Gasteiger partial charge on any atom is -0.335 e. The molecule has 0 radical (unpaired) electrons. The van der Waals surface area contributed by atoms with E-state index < -0.39 is 10.2 Å². The van der Waals surface area contributed by atoms with E-state index in [1.54, 1.807) is 0 Å². The lowest BCUT2D eigenvalue weighted by atomic mass is 9.84. The molecule has 9 heteroatoms. The predicted octanol–water partition coefficient (Wildman–Crippen LogP) is 3.51. The van der Waals surface area contributed by atoms with Crippen LogP contribution in [0.4, 0.5) is 5.69 Å². The summed E-state index contributed by atoms with van der Waals surface area (Å²) in [6.07, 6.45) is 14.8. The molecule has 3 aromatic rings. The van der Waals surface area contributed by atoms with Gasteiger partial charge in [0.1, 0.15) is 4.70 Å². The number of fused-ring (bicyclic) bond motifs is 6. The third-order valence-electron chi connectivity index (χ3n) is 7.68. The lowest BCUT2D eigenvalue weighted by molar-refractivity contribution is -2.00. The molecule has 1 aromatic heterocycles. The average molecular weight is 595 g/mol. The number of halogens is 1. The Morgan fingerprint density at radius 3 is 2.58 bits per heavy atom. The van der Waals surface area contributed by atoms with Gasteiger partial charge >= 0.3 is 0 Å². The molecule has 1 unspecified atom stereocenters. The van der Waals surface area contributed by atoms with Crippen LogP contribution in [0.3, 0.4) is 0 Å². The smallest absolute Gasteiger partial charge is 0.265 e. The number of aryl methyl sites for hydroxylation is 1. The highest BCUT2D eigenvalue weighted by Crippen LogP contribution is 2.50. The Labute approximate surface area is 245 Å². The third kappa shape index (κ3) is 6.09. The van der Waals surface area contributed by atoms with Crippen LogP contribution < -0.4 is 28.1 Å². The molecule has 0 saturated carbocycles. The Kier molecular flexibility index (Phi) is 7.94. The van der Waals surface area contributed by atoms with Crippen molar-refractivity contribution < 1.29 is 33.4 Å². The van der Waals surface area contributed by atoms with Gasteiger partial charge in [-0.2, -0.15) is 4.57 Å². The summed E-state index contributed by atoms with van der Waals surface area (Å²) in [6.45, 7) is 4.71. The van der Waals surface area contributed by atoms with Gasteiger partial charge in [-0.1, -0.05) is 66.4 Å². The molecule has 2 aromatic carbocycles. The van der Waals surface area contributed by atoms with Gasteiger partial charge < -0.3 is 4.90 Å². The normalized spacial score (nSPS) is 22.6. The fourth-order valence-electron chi connectivity index (χ4n) is 6.21. The summed E-state index contributed by atoms with van der Waals surface area (Å²) in [7, 11) is -4.94. The van der Waals surface area contributed by atoms with Gasteiger partial charge in [-0.05, 0) is 79.0 Å². The molecule has 1 aliphatic carbocycles. The zero-order valence-electron chi connectivity index (χ0n) is 22.3. The maximum Gasteiger partial charge on any atom is 0.265 e. The van der Waals surface area contributed by atoms with E-state index in [1.807, 2.05) is 23.1 Å². The Bertz CT molecular complexity index is 1560. The van der Waals surface area contributed by atoms with Crippen molar-refractivity contribution in [2.75, 3.05) is 11.4 Å². The Balaban J connectivity index is 0.000000534. The molecular weight excluding hydrogens is 564 g/mol. The van der Waals surface area contributed by atoms with Crippen LogP contribution in [0, 0.1) is 16.2 Å². The molecule has 4 aliphatic rings. The maximum atomic E-state index is 8.49. The van der Waals surface area contributed by atoms with Gasteiger partial charge in [0.2, 0.25) is 5.52 Å². The van der Waals surface area contributed by atoms with Crippen molar-refractivity contribution in [2.24, 2.45) is 5.92 Å². The number of anilines is 1. The molecule has 1 atom stereocenters. The van der Waals surface area contributed by atoms with Crippen molar-refractivity contribution in [1.29, 1.82) is 0 Å². The van der Waals surface area contributed by atoms with E-state index in [0.29, 0.717) is 5.92 Å². The fourth-order valence-corrected chi connectivity index (χ4v) is 8.67. The molecule has 0 spiro atoms. The topological polar surface area (TPSA) is 99.4 Å². The Morgan fingerprint density at radius 2 is 1.73 bits per heavy atom. The largest absolute Gasteiger partial charge is 0.335 e. The number of hydrogen-bond acceptors (Lipinski definition) is 7. The van der Waals surface area contributed by atoms with Gasteiger partial charge in [-0.15, -0.1) is 10.2 Å². The molecule has 4 heterocycles. The third-order valence-corrected chi connectivity index (χ3v) is 10.2. The van der Waals surface area contributed by atoms with Crippen LogP contribution in [-0.4, -0.2) is 6.54 Å². The Morgan fingerprint density at radius 1 is 0.950 bits per heavy atom. The summed E-state index contributed by atoms with van der Waals surface area (Å²) in [6, 6.07) is 17.8. The first-order valence-electron chi connectivity index (χ1n) is 13.7. The molecule has 6 nitrogen and oxygen atoms in total. The molecule has 3 aliphatic heterocycles. The van der Waals surface area contributed by atoms with Crippen LogP contribution >= 0.6 is 23.1 Å². The van der Waals surface area contributed by atoms with Crippen LogP contribution in [0.1, 0.15) is 50.5 Å². The van der Waals surface area contributed by atoms with E-state index in [-0.39, 0.29) is 0 Å². The fraction of sp³-hybridized carbons (Fsp3) is 0.323. The second kappa shape index (κ2) is 11.4. The van der Waals surface area contributed by atoms with Crippen molar-refractivity contribution in [2.45, 2.75) is 56.9 Å². The molecule has 0 N–H and O–H groups in total. The number of nitrogens with zero attached hydrogens (tertiary/aromatic N) is 2. The molecule has 0 amide bonds. The van der Waals surface area contributed by atoms with Crippen LogP contribution in [0.2, 0.25) is 0 Å². The highest BCUT2D eigenvalue weighted by Gasteiger charge is 2.30. The van der Waals surface area contributed by atoms with Gasteiger partial charge in [-0.25, -0.2) is 18.6 Å². The molecule has 208 valence electrons. The first kappa shape index (κ1) is 27.7. The number of allylic oxidation sites excluding steroid dienone is 7. The van der Waals surface area contributed by atoms with E-state index in [4.69, 9.17) is 18.6 Å². The van der Waals surface area contributed by atoms with E-state index >= 15 is 0 Å². The monoisotopic (exact) mass is 594 g/mol. The summed E-state index contributed by atoms with van der Waals surface area (Å²) >= 11 is 3.94. The molecule has 0 saturated heterocycles. The lowest BCUT2D eigenvalue weighted by Crippen LogP contribution is -2.68. The van der Waals surface area contributed by atoms with Gasteiger partial charge in [0, 0.05) is 29.5 Å². The van der Waals surface area contributed by atoms with Gasteiger partial charge in [0.05, 0.1) is 10.7 Å². The van der Waals surface area contributed by atoms with Crippen LogP contribution in [0.5, 0.6) is 0 Å². The molecule has 0 fully saturated rings. The second-order valence-corrected chi connectivity index (χ2v) is 13.6. The number of para-hydroxylation sites is 2. The molecule has 0 bridgehead atoms. The average Bonchev–Trinajstić information content (AvgIpc) is 3.48. The minimum absolute atomic E-state index is 0.690. The van der Waals surface area contributed by atoms with Crippen molar-refractivity contribution >= 4 is 44.6 Å². The van der Waals surface area contributed by atoms with E-state index in [2.05, 4.69) is 83.1 Å². The Hall–Kier alpha value is -2.43. The SMILES string of the molecule is CC1CC(C=C2CCC[n+]3c2sc2ccccc23)=CC(=CC2=C3Sc4ccccc4N3CCC2)C1.[O-][Cl+3]([O-])([O-])[O-]. The summed E-state index contributed by atoms with van der Waals surface area (Å²) in [5, 5.41) is 2.94. The highest BCUT2D eigenvalue weighted by molar-refractivity contribution is 8.03. The number of rotatable bonds is 2. The van der Waals surface area contributed by atoms with Gasteiger partial charge in [0.15, 0.2) is 6.54 Å². The first-order chi connectivity index (χ1) is 19.2. The number of benzene rings is 2. The number of hydrogen-bond donors (Lipinski definition) is 0.